The highest BCUT2D eigenvalue weighted by atomic mass is 35.5. The predicted molar refractivity (Wildman–Crippen MR) is 117 cm³/mol. The van der Waals surface area contributed by atoms with Crippen LogP contribution in [0.2, 0.25) is 5.02 Å². The topological polar surface area (TPSA) is 41.6 Å². The minimum absolute atomic E-state index is 0.285. The maximum atomic E-state index is 12.5. The zero-order chi connectivity index (χ0) is 21.1. The molecule has 1 aliphatic heterocycles. The second-order valence-electron chi connectivity index (χ2n) is 8.48. The Labute approximate surface area is 178 Å². The van der Waals surface area contributed by atoms with Crippen molar-refractivity contribution in [1.82, 2.24) is 10.2 Å². The monoisotopic (exact) mass is 410 g/mol. The Balaban J connectivity index is 1.89. The van der Waals surface area contributed by atoms with Crippen LogP contribution in [-0.2, 0) is 16.7 Å². The van der Waals surface area contributed by atoms with E-state index >= 15 is 0 Å². The maximum Gasteiger partial charge on any atom is 0.407 e. The number of rotatable bonds is 4. The molecule has 1 saturated heterocycles. The Morgan fingerprint density at radius 2 is 1.90 bits per heavy atom. The summed E-state index contributed by atoms with van der Waals surface area (Å²) in [4.78, 5) is 14.8. The summed E-state index contributed by atoms with van der Waals surface area (Å²) < 4.78 is 5.49. The van der Waals surface area contributed by atoms with Crippen LogP contribution in [0.25, 0.3) is 0 Å². The summed E-state index contributed by atoms with van der Waals surface area (Å²) in [7, 11) is 0. The number of nitrogens with one attached hydrogen (secondary N) is 1. The van der Waals surface area contributed by atoms with E-state index in [9.17, 15) is 4.79 Å². The first-order chi connectivity index (χ1) is 13.7. The van der Waals surface area contributed by atoms with Crippen LogP contribution in [-0.4, -0.2) is 35.7 Å². The molecule has 2 aromatic carbocycles. The highest BCUT2D eigenvalue weighted by Crippen LogP contribution is 2.36. The van der Waals surface area contributed by atoms with E-state index in [1.165, 1.54) is 5.56 Å². The molecule has 1 aliphatic rings. The first-order valence-electron chi connectivity index (χ1n) is 9.71. The normalized spacial score (nSPS) is 22.1. The van der Waals surface area contributed by atoms with Gasteiger partial charge in [-0.25, -0.2) is 4.79 Å². The van der Waals surface area contributed by atoms with Gasteiger partial charge in [-0.1, -0.05) is 60.0 Å². The summed E-state index contributed by atoms with van der Waals surface area (Å²) in [6.45, 7) is 7.54. The third kappa shape index (κ3) is 5.12. The number of halogens is 1. The number of likely N-dealkylation sites (tertiary alicyclic amines) is 1. The number of alkyl carbamates (subject to hydrolysis) is 1. The van der Waals surface area contributed by atoms with Gasteiger partial charge in [0, 0.05) is 24.7 Å². The molecule has 0 aromatic heterocycles. The highest BCUT2D eigenvalue weighted by Gasteiger charge is 2.48. The molecule has 4 nitrogen and oxygen atoms in total. The van der Waals surface area contributed by atoms with Crippen LogP contribution in [0.3, 0.4) is 0 Å². The highest BCUT2D eigenvalue weighted by molar-refractivity contribution is 6.30. The Morgan fingerprint density at radius 3 is 2.48 bits per heavy atom. The van der Waals surface area contributed by atoms with Crippen molar-refractivity contribution in [3.8, 4) is 12.3 Å². The van der Waals surface area contributed by atoms with Gasteiger partial charge in [0.1, 0.15) is 5.60 Å². The van der Waals surface area contributed by atoms with Gasteiger partial charge in [-0.05, 0) is 44.0 Å². The Morgan fingerprint density at radius 1 is 1.24 bits per heavy atom. The summed E-state index contributed by atoms with van der Waals surface area (Å²) in [5.41, 5.74) is 0.912. The lowest BCUT2D eigenvalue weighted by atomic mass is 9.77. The van der Waals surface area contributed by atoms with Gasteiger partial charge in [-0.2, -0.15) is 0 Å². The van der Waals surface area contributed by atoms with Gasteiger partial charge in [-0.3, -0.25) is 4.90 Å². The molecule has 0 aliphatic carbocycles. The minimum Gasteiger partial charge on any atom is -0.444 e. The minimum atomic E-state index is -0.670. The van der Waals surface area contributed by atoms with E-state index in [1.807, 2.05) is 63.2 Å². The predicted octanol–water partition coefficient (Wildman–Crippen LogP) is 4.62. The van der Waals surface area contributed by atoms with Crippen LogP contribution < -0.4 is 5.32 Å². The molecule has 1 fully saturated rings. The molecule has 0 unspecified atom stereocenters. The number of nitrogens with zero attached hydrogens (tertiary/aromatic N) is 1. The molecule has 0 spiro atoms. The standard InChI is InChI=1S/C24H27ClN2O2/c1-5-24(19-11-13-20(25)14-12-19)17-27(15-18-9-7-6-8-10-18)16-21(24)26-22(28)29-23(2,3)4/h1,6-14,21H,15-17H2,2-4H3,(H,26,28)/t21-,24+/m1/s1. The van der Waals surface area contributed by atoms with Crippen LogP contribution >= 0.6 is 11.6 Å². The van der Waals surface area contributed by atoms with Gasteiger partial charge >= 0.3 is 6.09 Å². The lowest BCUT2D eigenvalue weighted by Crippen LogP contribution is -2.50. The molecule has 1 amide bonds. The van der Waals surface area contributed by atoms with Crippen molar-refractivity contribution in [3.63, 3.8) is 0 Å². The van der Waals surface area contributed by atoms with Crippen molar-refractivity contribution in [1.29, 1.82) is 0 Å². The maximum absolute atomic E-state index is 12.5. The first kappa shape index (κ1) is 21.2. The average molecular weight is 411 g/mol. The van der Waals surface area contributed by atoms with Gasteiger partial charge in [0.15, 0.2) is 0 Å². The van der Waals surface area contributed by atoms with Gasteiger partial charge < -0.3 is 10.1 Å². The fourth-order valence-corrected chi connectivity index (χ4v) is 3.92. The van der Waals surface area contributed by atoms with Gasteiger partial charge in [-0.15, -0.1) is 6.42 Å². The summed E-state index contributed by atoms with van der Waals surface area (Å²) in [5.74, 6) is 2.99. The smallest absolute Gasteiger partial charge is 0.407 e. The van der Waals surface area contributed by atoms with E-state index in [0.717, 1.165) is 12.1 Å². The molecule has 0 radical (unpaired) electrons. The number of ether oxygens (including phenoxy) is 1. The molecular weight excluding hydrogens is 384 g/mol. The van der Waals surface area contributed by atoms with Crippen LogP contribution in [0.15, 0.2) is 54.6 Å². The molecule has 152 valence electrons. The van der Waals surface area contributed by atoms with E-state index < -0.39 is 17.1 Å². The van der Waals surface area contributed by atoms with Crippen LogP contribution in [0.1, 0.15) is 31.9 Å². The fraction of sp³-hybridized carbons (Fsp3) is 0.375. The third-order valence-electron chi connectivity index (χ3n) is 5.07. The number of carbonyl (C=O) groups is 1. The summed E-state index contributed by atoms with van der Waals surface area (Å²) in [6.07, 6.45) is 5.63. The lowest BCUT2D eigenvalue weighted by Gasteiger charge is -2.31. The van der Waals surface area contributed by atoms with Gasteiger partial charge in [0.2, 0.25) is 0 Å². The zero-order valence-corrected chi connectivity index (χ0v) is 17.9. The number of benzene rings is 2. The van der Waals surface area contributed by atoms with E-state index in [2.05, 4.69) is 28.3 Å². The summed E-state index contributed by atoms with van der Waals surface area (Å²) in [6, 6.07) is 17.5. The average Bonchev–Trinajstić information content (AvgIpc) is 2.99. The largest absolute Gasteiger partial charge is 0.444 e. The van der Waals surface area contributed by atoms with E-state index in [0.29, 0.717) is 18.1 Å². The van der Waals surface area contributed by atoms with Crippen LogP contribution in [0.5, 0.6) is 0 Å². The van der Waals surface area contributed by atoms with E-state index in [1.54, 1.807) is 0 Å². The molecule has 1 N–H and O–H groups in total. The Bertz CT molecular complexity index is 884. The van der Waals surface area contributed by atoms with Crippen molar-refractivity contribution in [2.75, 3.05) is 13.1 Å². The number of carbonyl (C=O) groups excluding carboxylic acids is 1. The number of terminal acetylenes is 1. The SMILES string of the molecule is C#C[C@@]1(c2ccc(Cl)cc2)CN(Cc2ccccc2)C[C@H]1NC(=O)OC(C)(C)C. The van der Waals surface area contributed by atoms with Crippen LogP contribution in [0.4, 0.5) is 4.79 Å². The molecule has 3 rings (SSSR count). The molecule has 5 heteroatoms. The van der Waals surface area contributed by atoms with E-state index in [4.69, 9.17) is 22.8 Å². The number of hydrogen-bond acceptors (Lipinski definition) is 3. The molecular formula is C24H27ClN2O2. The van der Waals surface area contributed by atoms with Crippen molar-refractivity contribution in [3.05, 3.63) is 70.7 Å². The molecule has 2 atom stereocenters. The van der Waals surface area contributed by atoms with Crippen LogP contribution in [0, 0.1) is 12.3 Å². The molecule has 29 heavy (non-hydrogen) atoms. The van der Waals surface area contributed by atoms with Crippen molar-refractivity contribution in [2.45, 2.75) is 44.4 Å². The molecule has 0 bridgehead atoms. The summed E-state index contributed by atoms with van der Waals surface area (Å²) in [5, 5.41) is 3.68. The number of hydrogen-bond donors (Lipinski definition) is 1. The van der Waals surface area contributed by atoms with Gasteiger partial charge in [0.05, 0.1) is 11.5 Å². The van der Waals surface area contributed by atoms with E-state index in [-0.39, 0.29) is 6.04 Å². The Hall–Kier alpha value is -2.48. The van der Waals surface area contributed by atoms with Crippen molar-refractivity contribution < 1.29 is 9.53 Å². The van der Waals surface area contributed by atoms with Gasteiger partial charge in [0.25, 0.3) is 0 Å². The zero-order valence-electron chi connectivity index (χ0n) is 17.1. The number of amides is 1. The quantitative estimate of drug-likeness (QED) is 0.748. The second-order valence-corrected chi connectivity index (χ2v) is 8.91. The first-order valence-corrected chi connectivity index (χ1v) is 10.1. The molecule has 0 saturated carbocycles. The molecule has 2 aromatic rings. The second kappa shape index (κ2) is 8.49. The third-order valence-corrected chi connectivity index (χ3v) is 5.32. The molecule has 1 heterocycles. The van der Waals surface area contributed by atoms with Crippen molar-refractivity contribution >= 4 is 17.7 Å². The lowest BCUT2D eigenvalue weighted by molar-refractivity contribution is 0.0496. The Kier molecular flexibility index (Phi) is 6.21. The van der Waals surface area contributed by atoms with Crippen molar-refractivity contribution in [2.24, 2.45) is 0 Å². The fourth-order valence-electron chi connectivity index (χ4n) is 3.79. The summed E-state index contributed by atoms with van der Waals surface area (Å²) >= 11 is 6.08.